The van der Waals surface area contributed by atoms with Crippen LogP contribution in [-0.4, -0.2) is 58.5 Å². The van der Waals surface area contributed by atoms with Gasteiger partial charge in [-0.1, -0.05) is 30.0 Å². The van der Waals surface area contributed by atoms with Crippen LogP contribution in [0.2, 0.25) is 0 Å². The van der Waals surface area contributed by atoms with Crippen LogP contribution in [0.15, 0.2) is 66.1 Å². The average molecular weight is 360 g/mol. The van der Waals surface area contributed by atoms with Gasteiger partial charge in [-0.2, -0.15) is 0 Å². The lowest BCUT2D eigenvalue weighted by atomic mass is 10.0. The van der Waals surface area contributed by atoms with E-state index in [0.29, 0.717) is 26.4 Å². The first kappa shape index (κ1) is 17.4. The van der Waals surface area contributed by atoms with Crippen molar-refractivity contribution in [3.05, 3.63) is 71.7 Å². The van der Waals surface area contributed by atoms with Crippen LogP contribution < -0.4 is 0 Å². The van der Waals surface area contributed by atoms with E-state index in [1.807, 2.05) is 64.3 Å². The molecule has 27 heavy (non-hydrogen) atoms. The van der Waals surface area contributed by atoms with Crippen LogP contribution in [0.1, 0.15) is 12.0 Å². The van der Waals surface area contributed by atoms with Crippen molar-refractivity contribution in [1.29, 1.82) is 0 Å². The largest absolute Gasteiger partial charge is 0.360 e. The highest BCUT2D eigenvalue weighted by Crippen LogP contribution is 2.26. The molecule has 0 unspecified atom stereocenters. The molecule has 2 aromatic rings. The molecule has 2 aliphatic heterocycles. The van der Waals surface area contributed by atoms with E-state index in [-0.39, 0.29) is 5.91 Å². The molecule has 4 rings (SSSR count). The monoisotopic (exact) mass is 360 g/mol. The number of aromatic nitrogens is 1. The van der Waals surface area contributed by atoms with Crippen LogP contribution in [0.25, 0.3) is 0 Å². The Labute approximate surface area is 160 Å². The van der Waals surface area contributed by atoms with E-state index in [9.17, 15) is 4.79 Å². The summed E-state index contributed by atoms with van der Waals surface area (Å²) in [7, 11) is 2.08. The topological polar surface area (TPSA) is 31.7 Å². The van der Waals surface area contributed by atoms with Crippen LogP contribution >= 0.6 is 0 Å². The van der Waals surface area contributed by atoms with E-state index in [2.05, 4.69) is 28.7 Å². The molecule has 0 spiro atoms. The zero-order chi connectivity index (χ0) is 18.6. The Morgan fingerprint density at radius 3 is 2.63 bits per heavy atom. The summed E-state index contributed by atoms with van der Waals surface area (Å²) in [6.45, 7) is 3.52. The maximum atomic E-state index is 13.0. The third-order valence-corrected chi connectivity index (χ3v) is 5.09. The summed E-state index contributed by atoms with van der Waals surface area (Å²) in [4.78, 5) is 19.4. The molecule has 1 aromatic heterocycles. The molecule has 0 aliphatic carbocycles. The van der Waals surface area contributed by atoms with Crippen molar-refractivity contribution in [3.63, 3.8) is 0 Å². The normalized spacial score (nSPS) is 17.6. The lowest BCUT2D eigenvalue weighted by molar-refractivity contribution is -0.133. The molecule has 3 heterocycles. The second-order valence-corrected chi connectivity index (χ2v) is 7.08. The van der Waals surface area contributed by atoms with Gasteiger partial charge in [-0.05, 0) is 24.3 Å². The summed E-state index contributed by atoms with van der Waals surface area (Å²) in [5.74, 6) is 6.61. The third kappa shape index (κ3) is 3.91. The van der Waals surface area contributed by atoms with Gasteiger partial charge in [0, 0.05) is 50.2 Å². The summed E-state index contributed by atoms with van der Waals surface area (Å²) in [5, 5.41) is 0. The number of benzene rings is 1. The van der Waals surface area contributed by atoms with E-state index >= 15 is 0 Å². The van der Waals surface area contributed by atoms with Crippen molar-refractivity contribution in [3.8, 4) is 11.8 Å². The smallest absolute Gasteiger partial charge is 0.255 e. The second-order valence-electron chi connectivity index (χ2n) is 7.08. The van der Waals surface area contributed by atoms with Gasteiger partial charge < -0.3 is 14.4 Å². The molecule has 0 fully saturated rings. The SMILES string of the molecule is CN1CN(Cn2cccc2)C(=O)C2=C1CCN(CC#Cc1ccccc1)C2. The fourth-order valence-electron chi connectivity index (χ4n) is 3.70. The summed E-state index contributed by atoms with van der Waals surface area (Å²) in [6, 6.07) is 14.0. The minimum absolute atomic E-state index is 0.150. The molecule has 1 aromatic carbocycles. The molecule has 138 valence electrons. The Bertz CT molecular complexity index is 889. The lowest BCUT2D eigenvalue weighted by Gasteiger charge is -2.41. The first-order valence-corrected chi connectivity index (χ1v) is 9.30. The predicted molar refractivity (Wildman–Crippen MR) is 105 cm³/mol. The van der Waals surface area contributed by atoms with Crippen LogP contribution in [0.5, 0.6) is 0 Å². The number of carbonyl (C=O) groups is 1. The molecular weight excluding hydrogens is 336 g/mol. The number of amides is 1. The summed E-state index contributed by atoms with van der Waals surface area (Å²) in [6.07, 6.45) is 4.88. The third-order valence-electron chi connectivity index (χ3n) is 5.09. The standard InChI is InChI=1S/C22H24N4O/c1-23-17-26(18-25-12-5-6-13-25)22(27)20-16-24(15-11-21(20)23)14-7-10-19-8-3-2-4-9-19/h2-6,8-9,12-13H,11,14-18H2,1H3. The number of hydrogen-bond acceptors (Lipinski definition) is 3. The predicted octanol–water partition coefficient (Wildman–Crippen LogP) is 2.19. The Morgan fingerprint density at radius 1 is 1.07 bits per heavy atom. The zero-order valence-corrected chi connectivity index (χ0v) is 15.6. The fraction of sp³-hybridized carbons (Fsp3) is 0.318. The van der Waals surface area contributed by atoms with Gasteiger partial charge in [0.15, 0.2) is 0 Å². The average Bonchev–Trinajstić information content (AvgIpc) is 3.20. The quantitative estimate of drug-likeness (QED) is 0.787. The molecule has 0 saturated heterocycles. The first-order valence-electron chi connectivity index (χ1n) is 9.30. The van der Waals surface area contributed by atoms with Crippen molar-refractivity contribution in [2.24, 2.45) is 0 Å². The van der Waals surface area contributed by atoms with E-state index in [4.69, 9.17) is 0 Å². The number of rotatable bonds is 3. The van der Waals surface area contributed by atoms with Gasteiger partial charge in [0.1, 0.15) is 0 Å². The summed E-state index contributed by atoms with van der Waals surface area (Å²) in [5.41, 5.74) is 3.14. The van der Waals surface area contributed by atoms with Gasteiger partial charge in [-0.25, -0.2) is 0 Å². The molecule has 5 nitrogen and oxygen atoms in total. The Hall–Kier alpha value is -2.97. The molecule has 0 radical (unpaired) electrons. The molecule has 0 bridgehead atoms. The van der Waals surface area contributed by atoms with Crippen LogP contribution in [0, 0.1) is 11.8 Å². The molecule has 0 atom stereocenters. The van der Waals surface area contributed by atoms with E-state index in [1.54, 1.807) is 0 Å². The molecule has 1 amide bonds. The van der Waals surface area contributed by atoms with Crippen molar-refractivity contribution < 1.29 is 4.79 Å². The maximum absolute atomic E-state index is 13.0. The number of nitrogens with zero attached hydrogens (tertiary/aromatic N) is 4. The molecule has 0 N–H and O–H groups in total. The molecular formula is C22H24N4O. The van der Waals surface area contributed by atoms with E-state index < -0.39 is 0 Å². The van der Waals surface area contributed by atoms with Gasteiger partial charge in [-0.15, -0.1) is 0 Å². The van der Waals surface area contributed by atoms with E-state index in [1.165, 1.54) is 5.70 Å². The highest BCUT2D eigenvalue weighted by Gasteiger charge is 2.33. The van der Waals surface area contributed by atoms with Crippen molar-refractivity contribution >= 4 is 5.91 Å². The van der Waals surface area contributed by atoms with Gasteiger partial charge in [0.25, 0.3) is 5.91 Å². The Kier molecular flexibility index (Phi) is 4.99. The number of carbonyl (C=O) groups excluding carboxylic acids is 1. The lowest BCUT2D eigenvalue weighted by Crippen LogP contribution is -2.50. The second kappa shape index (κ2) is 7.73. The fourth-order valence-corrected chi connectivity index (χ4v) is 3.70. The van der Waals surface area contributed by atoms with Gasteiger partial charge >= 0.3 is 0 Å². The van der Waals surface area contributed by atoms with E-state index in [0.717, 1.165) is 24.1 Å². The minimum Gasteiger partial charge on any atom is -0.360 e. The molecule has 2 aliphatic rings. The zero-order valence-electron chi connectivity index (χ0n) is 15.6. The van der Waals surface area contributed by atoms with Gasteiger partial charge in [0.05, 0.1) is 25.5 Å². The van der Waals surface area contributed by atoms with Crippen LogP contribution in [0.4, 0.5) is 0 Å². The minimum atomic E-state index is 0.150. The highest BCUT2D eigenvalue weighted by atomic mass is 16.2. The van der Waals surface area contributed by atoms with Crippen LogP contribution in [0.3, 0.4) is 0 Å². The maximum Gasteiger partial charge on any atom is 0.255 e. The first-order chi connectivity index (χ1) is 13.2. The van der Waals surface area contributed by atoms with Gasteiger partial charge in [0.2, 0.25) is 0 Å². The highest BCUT2D eigenvalue weighted by molar-refractivity contribution is 5.95. The Balaban J connectivity index is 1.44. The summed E-state index contributed by atoms with van der Waals surface area (Å²) >= 11 is 0. The van der Waals surface area contributed by atoms with Crippen LogP contribution in [-0.2, 0) is 11.5 Å². The summed E-state index contributed by atoms with van der Waals surface area (Å²) < 4.78 is 2.03. The van der Waals surface area contributed by atoms with Crippen molar-refractivity contribution in [2.75, 3.05) is 33.4 Å². The molecule has 0 saturated carbocycles. The number of hydrogen-bond donors (Lipinski definition) is 0. The Morgan fingerprint density at radius 2 is 1.85 bits per heavy atom. The van der Waals surface area contributed by atoms with Crippen molar-refractivity contribution in [1.82, 2.24) is 19.3 Å². The molecule has 5 heteroatoms. The van der Waals surface area contributed by atoms with Gasteiger partial charge in [-0.3, -0.25) is 9.69 Å². The van der Waals surface area contributed by atoms with Crippen molar-refractivity contribution in [2.45, 2.75) is 13.1 Å².